The van der Waals surface area contributed by atoms with E-state index in [2.05, 4.69) is 10.2 Å². The van der Waals surface area contributed by atoms with Crippen molar-refractivity contribution in [3.8, 4) is 0 Å². The van der Waals surface area contributed by atoms with Gasteiger partial charge in [0.1, 0.15) is 5.76 Å². The average molecular weight is 387 g/mol. The van der Waals surface area contributed by atoms with Crippen LogP contribution in [-0.2, 0) is 6.54 Å². The van der Waals surface area contributed by atoms with Crippen LogP contribution in [-0.4, -0.2) is 43.7 Å². The zero-order valence-electron chi connectivity index (χ0n) is 14.3. The number of hydrogen-bond donors (Lipinski definition) is 1. The molecule has 7 nitrogen and oxygen atoms in total. The Kier molecular flexibility index (Phi) is 4.61. The Morgan fingerprint density at radius 2 is 2.12 bits per heavy atom. The normalized spacial score (nSPS) is 20.2. The number of amides is 1. The van der Waals surface area contributed by atoms with Crippen molar-refractivity contribution in [1.82, 2.24) is 14.8 Å². The summed E-state index contributed by atoms with van der Waals surface area (Å²) < 4.78 is 33.5. The van der Waals surface area contributed by atoms with E-state index in [0.717, 1.165) is 5.69 Å². The number of rotatable bonds is 4. The van der Waals surface area contributed by atoms with Crippen molar-refractivity contribution >= 4 is 23.2 Å². The van der Waals surface area contributed by atoms with Crippen molar-refractivity contribution < 1.29 is 23.1 Å². The molecule has 2 aromatic heterocycles. The van der Waals surface area contributed by atoms with E-state index in [1.807, 2.05) is 0 Å². The van der Waals surface area contributed by atoms with Gasteiger partial charge in [-0.3, -0.25) is 9.48 Å². The van der Waals surface area contributed by atoms with Gasteiger partial charge in [-0.15, -0.1) is 0 Å². The fourth-order valence-electron chi connectivity index (χ4n) is 2.79. The van der Waals surface area contributed by atoms with Gasteiger partial charge in [-0.1, -0.05) is 11.6 Å². The first-order chi connectivity index (χ1) is 12.1. The Labute approximate surface area is 152 Å². The summed E-state index contributed by atoms with van der Waals surface area (Å²) in [5.41, 5.74) is -1.04. The van der Waals surface area contributed by atoms with Crippen molar-refractivity contribution in [2.45, 2.75) is 45.9 Å². The number of hydrogen-bond acceptors (Lipinski definition) is 5. The van der Waals surface area contributed by atoms with E-state index < -0.39 is 24.5 Å². The number of aliphatic hydroxyl groups is 1. The summed E-state index contributed by atoms with van der Waals surface area (Å²) in [7, 11) is 0. The number of furan rings is 1. The van der Waals surface area contributed by atoms with Gasteiger partial charge in [-0.2, -0.15) is 15.2 Å². The molecule has 0 unspecified atom stereocenters. The molecule has 0 aliphatic carbocycles. The smallest absolute Gasteiger partial charge is 0.312 e. The van der Waals surface area contributed by atoms with Crippen LogP contribution in [0.1, 0.15) is 41.0 Å². The van der Waals surface area contributed by atoms with Crippen LogP contribution in [0.25, 0.3) is 0 Å². The fraction of sp³-hybridized carbons (Fsp3) is 0.438. The monoisotopic (exact) mass is 386 g/mol. The van der Waals surface area contributed by atoms with Crippen LogP contribution >= 0.6 is 11.6 Å². The first-order valence-corrected chi connectivity index (χ1v) is 8.18. The molecule has 0 saturated carbocycles. The molecular weight excluding hydrogens is 370 g/mol. The number of carbonyl (C=O) groups excluding carboxylic acids is 1. The van der Waals surface area contributed by atoms with Gasteiger partial charge in [-0.25, -0.2) is 8.78 Å². The highest BCUT2D eigenvalue weighted by molar-refractivity contribution is 6.31. The van der Waals surface area contributed by atoms with E-state index >= 15 is 0 Å². The molecule has 1 atom stereocenters. The third kappa shape index (κ3) is 3.01. The number of halogens is 3. The van der Waals surface area contributed by atoms with Gasteiger partial charge in [0.25, 0.3) is 6.43 Å². The van der Waals surface area contributed by atoms with Crippen LogP contribution in [0, 0.1) is 13.8 Å². The number of aromatic nitrogens is 2. The number of alkyl halides is 2. The molecule has 140 valence electrons. The summed E-state index contributed by atoms with van der Waals surface area (Å²) in [6.45, 7) is 5.23. The van der Waals surface area contributed by atoms with Gasteiger partial charge in [0.2, 0.25) is 5.72 Å². The quantitative estimate of drug-likeness (QED) is 0.875. The lowest BCUT2D eigenvalue weighted by molar-refractivity contribution is -0.164. The van der Waals surface area contributed by atoms with Crippen LogP contribution in [0.2, 0.25) is 5.02 Å². The Balaban J connectivity index is 1.83. The largest absolute Gasteiger partial charge is 0.454 e. The minimum Gasteiger partial charge on any atom is -0.454 e. The molecule has 1 aliphatic rings. The van der Waals surface area contributed by atoms with Crippen LogP contribution in [0.3, 0.4) is 0 Å². The number of carbonyl (C=O) groups is 1. The molecular formula is C16H17ClF2N4O3. The van der Waals surface area contributed by atoms with Crippen molar-refractivity contribution in [3.63, 3.8) is 0 Å². The molecule has 0 radical (unpaired) electrons. The molecule has 0 spiro atoms. The highest BCUT2D eigenvalue weighted by Gasteiger charge is 2.51. The summed E-state index contributed by atoms with van der Waals surface area (Å²) in [5.74, 6) is -0.761. The maximum atomic E-state index is 13.2. The third-order valence-electron chi connectivity index (χ3n) is 4.17. The van der Waals surface area contributed by atoms with E-state index in [1.54, 1.807) is 18.5 Å². The average Bonchev–Trinajstić information content (AvgIpc) is 3.22. The summed E-state index contributed by atoms with van der Waals surface area (Å²) in [6, 6.07) is 2.88. The minimum absolute atomic E-state index is 0.204. The SMILES string of the molecule is CC1=NN(C(=O)c2ccc(Cn3nc(C)c(Cl)c3C)o2)[C@](O)(C(F)F)C1. The molecule has 3 rings (SSSR count). The van der Waals surface area contributed by atoms with Crippen LogP contribution in [0.4, 0.5) is 8.78 Å². The van der Waals surface area contributed by atoms with Gasteiger partial charge in [-0.05, 0) is 32.9 Å². The molecule has 2 aromatic rings. The summed E-state index contributed by atoms with van der Waals surface area (Å²) >= 11 is 6.09. The molecule has 1 N–H and O–H groups in total. The van der Waals surface area contributed by atoms with Crippen molar-refractivity contribution in [2.75, 3.05) is 0 Å². The van der Waals surface area contributed by atoms with Gasteiger partial charge in [0.15, 0.2) is 5.76 Å². The zero-order valence-corrected chi connectivity index (χ0v) is 15.1. The van der Waals surface area contributed by atoms with Crippen LogP contribution in [0.15, 0.2) is 21.7 Å². The Bertz CT molecular complexity index is 892. The van der Waals surface area contributed by atoms with E-state index in [4.69, 9.17) is 16.0 Å². The predicted octanol–water partition coefficient (Wildman–Crippen LogP) is 2.97. The third-order valence-corrected chi connectivity index (χ3v) is 4.71. The highest BCUT2D eigenvalue weighted by atomic mass is 35.5. The maximum absolute atomic E-state index is 13.2. The second kappa shape index (κ2) is 6.48. The lowest BCUT2D eigenvalue weighted by Gasteiger charge is -2.29. The van der Waals surface area contributed by atoms with E-state index in [9.17, 15) is 18.7 Å². The standard InChI is InChI=1S/C16H17ClF2N4O3/c1-8-6-16(25,15(18)19)23(20-8)14(24)12-5-4-11(26-12)7-22-10(3)13(17)9(2)21-22/h4-5,15,25H,6-7H2,1-3H3/t16-/m1/s1. The summed E-state index contributed by atoms with van der Waals surface area (Å²) in [6.07, 6.45) is -3.59. The Hall–Kier alpha value is -2.26. The van der Waals surface area contributed by atoms with E-state index in [1.165, 1.54) is 19.1 Å². The molecule has 0 fully saturated rings. The maximum Gasteiger partial charge on any atom is 0.312 e. The predicted molar refractivity (Wildman–Crippen MR) is 89.4 cm³/mol. The van der Waals surface area contributed by atoms with E-state index in [0.29, 0.717) is 21.5 Å². The lowest BCUT2D eigenvalue weighted by atomic mass is 10.1. The molecule has 0 bridgehead atoms. The summed E-state index contributed by atoms with van der Waals surface area (Å²) in [4.78, 5) is 12.5. The zero-order chi connectivity index (χ0) is 19.2. The molecule has 0 saturated heterocycles. The Morgan fingerprint density at radius 1 is 1.42 bits per heavy atom. The number of aryl methyl sites for hydroxylation is 1. The number of hydrazone groups is 1. The van der Waals surface area contributed by atoms with Gasteiger partial charge >= 0.3 is 5.91 Å². The van der Waals surface area contributed by atoms with Gasteiger partial charge in [0.05, 0.1) is 23.0 Å². The summed E-state index contributed by atoms with van der Waals surface area (Å²) in [5, 5.41) is 19.0. The first kappa shape index (κ1) is 18.5. The lowest BCUT2D eigenvalue weighted by Crippen LogP contribution is -2.51. The van der Waals surface area contributed by atoms with Gasteiger partial charge < -0.3 is 9.52 Å². The van der Waals surface area contributed by atoms with Crippen LogP contribution < -0.4 is 0 Å². The topological polar surface area (TPSA) is 83.9 Å². The Morgan fingerprint density at radius 3 is 2.69 bits per heavy atom. The minimum atomic E-state index is -3.17. The molecule has 1 amide bonds. The van der Waals surface area contributed by atoms with Crippen molar-refractivity contribution in [3.05, 3.63) is 40.1 Å². The highest BCUT2D eigenvalue weighted by Crippen LogP contribution is 2.33. The van der Waals surface area contributed by atoms with Crippen molar-refractivity contribution in [1.29, 1.82) is 0 Å². The second-order valence-corrected chi connectivity index (χ2v) is 6.59. The molecule has 3 heterocycles. The molecule has 0 aromatic carbocycles. The second-order valence-electron chi connectivity index (χ2n) is 6.22. The van der Waals surface area contributed by atoms with E-state index in [-0.39, 0.29) is 18.0 Å². The fourth-order valence-corrected chi connectivity index (χ4v) is 2.93. The number of nitrogens with zero attached hydrogens (tertiary/aromatic N) is 4. The van der Waals surface area contributed by atoms with Gasteiger partial charge in [0, 0.05) is 12.1 Å². The molecule has 26 heavy (non-hydrogen) atoms. The van der Waals surface area contributed by atoms with Crippen molar-refractivity contribution in [2.24, 2.45) is 5.10 Å². The first-order valence-electron chi connectivity index (χ1n) is 7.81. The molecule has 10 heteroatoms. The van der Waals surface area contributed by atoms with Crippen LogP contribution in [0.5, 0.6) is 0 Å². The molecule has 1 aliphatic heterocycles.